The summed E-state index contributed by atoms with van der Waals surface area (Å²) < 4.78 is 37.7. The van der Waals surface area contributed by atoms with Crippen LogP contribution in [-0.2, 0) is 6.54 Å². The maximum atomic E-state index is 12.3. The van der Waals surface area contributed by atoms with Gasteiger partial charge in [-0.05, 0) is 13.0 Å². The van der Waals surface area contributed by atoms with Crippen LogP contribution in [0.5, 0.6) is 0 Å². The lowest BCUT2D eigenvalue weighted by Crippen LogP contribution is -2.17. The Bertz CT molecular complexity index is 592. The van der Waals surface area contributed by atoms with E-state index in [2.05, 4.69) is 25.7 Å². The lowest BCUT2D eigenvalue weighted by Gasteiger charge is -2.05. The molecule has 0 aliphatic heterocycles. The van der Waals surface area contributed by atoms with Crippen LogP contribution < -0.4 is 10.6 Å². The molecule has 2 aromatic heterocycles. The number of nitrogens with one attached hydrogen (secondary N) is 2. The molecule has 0 aliphatic carbocycles. The Morgan fingerprint density at radius 3 is 2.75 bits per heavy atom. The van der Waals surface area contributed by atoms with E-state index in [9.17, 15) is 13.2 Å². The second kappa shape index (κ2) is 5.35. The van der Waals surface area contributed by atoms with Crippen LogP contribution in [-0.4, -0.2) is 33.0 Å². The molecule has 2 aromatic rings. The first-order chi connectivity index (χ1) is 9.37. The molecule has 6 nitrogen and oxygen atoms in total. The first kappa shape index (κ1) is 14.1. The van der Waals surface area contributed by atoms with Crippen molar-refractivity contribution < 1.29 is 13.2 Å². The molecule has 0 spiro atoms. The van der Waals surface area contributed by atoms with Gasteiger partial charge in [-0.1, -0.05) is 0 Å². The predicted molar refractivity (Wildman–Crippen MR) is 67.9 cm³/mol. The minimum Gasteiger partial charge on any atom is -0.373 e. The predicted octanol–water partition coefficient (Wildman–Crippen LogP) is 2.33. The van der Waals surface area contributed by atoms with E-state index >= 15 is 0 Å². The number of aromatic nitrogens is 4. The monoisotopic (exact) mass is 286 g/mol. The van der Waals surface area contributed by atoms with Crippen molar-refractivity contribution in [2.75, 3.05) is 17.7 Å². The Morgan fingerprint density at radius 2 is 2.10 bits per heavy atom. The largest absolute Gasteiger partial charge is 0.408 e. The SMILES string of the molecule is CNc1ccnc(Nc2cn(CC(F)(F)F)nc2C)n1. The van der Waals surface area contributed by atoms with E-state index in [0.717, 1.165) is 4.68 Å². The number of hydrogen-bond acceptors (Lipinski definition) is 5. The Balaban J connectivity index is 2.17. The fourth-order valence-corrected chi connectivity index (χ4v) is 1.58. The second-order valence-corrected chi connectivity index (χ2v) is 4.08. The van der Waals surface area contributed by atoms with Crippen molar-refractivity contribution in [3.05, 3.63) is 24.2 Å². The second-order valence-electron chi connectivity index (χ2n) is 4.08. The molecule has 108 valence electrons. The molecule has 0 unspecified atom stereocenters. The number of anilines is 3. The molecule has 2 heterocycles. The van der Waals surface area contributed by atoms with Gasteiger partial charge in [0.15, 0.2) is 0 Å². The van der Waals surface area contributed by atoms with Gasteiger partial charge in [0.25, 0.3) is 0 Å². The topological polar surface area (TPSA) is 67.7 Å². The van der Waals surface area contributed by atoms with Gasteiger partial charge in [0.2, 0.25) is 5.95 Å². The van der Waals surface area contributed by atoms with Crippen molar-refractivity contribution in [3.8, 4) is 0 Å². The van der Waals surface area contributed by atoms with Crippen LogP contribution in [0.3, 0.4) is 0 Å². The highest BCUT2D eigenvalue weighted by molar-refractivity contribution is 5.56. The van der Waals surface area contributed by atoms with Crippen molar-refractivity contribution in [2.45, 2.75) is 19.6 Å². The lowest BCUT2D eigenvalue weighted by atomic mass is 10.4. The molecule has 20 heavy (non-hydrogen) atoms. The molecular weight excluding hydrogens is 273 g/mol. The maximum absolute atomic E-state index is 12.3. The average molecular weight is 286 g/mol. The van der Waals surface area contributed by atoms with Gasteiger partial charge in [-0.2, -0.15) is 23.3 Å². The van der Waals surface area contributed by atoms with Gasteiger partial charge in [-0.3, -0.25) is 4.68 Å². The fraction of sp³-hybridized carbons (Fsp3) is 0.364. The Kier molecular flexibility index (Phi) is 3.77. The summed E-state index contributed by atoms with van der Waals surface area (Å²) in [5.74, 6) is 0.884. The molecule has 0 aliphatic rings. The fourth-order valence-electron chi connectivity index (χ4n) is 1.58. The third kappa shape index (κ3) is 3.59. The zero-order chi connectivity index (χ0) is 14.8. The smallest absolute Gasteiger partial charge is 0.373 e. The number of alkyl halides is 3. The van der Waals surface area contributed by atoms with Crippen LogP contribution in [0.1, 0.15) is 5.69 Å². The summed E-state index contributed by atoms with van der Waals surface area (Å²) >= 11 is 0. The molecule has 0 aromatic carbocycles. The van der Waals surface area contributed by atoms with Gasteiger partial charge in [-0.25, -0.2) is 4.98 Å². The number of halogens is 3. The number of nitrogens with zero attached hydrogens (tertiary/aromatic N) is 4. The third-order valence-electron chi connectivity index (χ3n) is 2.45. The molecular formula is C11H13F3N6. The van der Waals surface area contributed by atoms with Gasteiger partial charge < -0.3 is 10.6 Å². The summed E-state index contributed by atoms with van der Waals surface area (Å²) in [4.78, 5) is 8.10. The van der Waals surface area contributed by atoms with Crippen LogP contribution in [0.2, 0.25) is 0 Å². The van der Waals surface area contributed by atoms with E-state index < -0.39 is 12.7 Å². The van der Waals surface area contributed by atoms with Crippen molar-refractivity contribution in [1.82, 2.24) is 19.7 Å². The highest BCUT2D eigenvalue weighted by atomic mass is 19.4. The molecule has 2 rings (SSSR count). The number of hydrogen-bond donors (Lipinski definition) is 2. The van der Waals surface area contributed by atoms with E-state index in [-0.39, 0.29) is 5.95 Å². The summed E-state index contributed by atoms with van der Waals surface area (Å²) in [6.07, 6.45) is -1.49. The zero-order valence-corrected chi connectivity index (χ0v) is 10.9. The highest BCUT2D eigenvalue weighted by Crippen LogP contribution is 2.21. The summed E-state index contributed by atoms with van der Waals surface area (Å²) in [6, 6.07) is 1.67. The Hall–Kier alpha value is -2.32. The molecule has 0 atom stereocenters. The van der Waals surface area contributed by atoms with Gasteiger partial charge in [-0.15, -0.1) is 0 Å². The van der Waals surface area contributed by atoms with Crippen molar-refractivity contribution >= 4 is 17.5 Å². The van der Waals surface area contributed by atoms with E-state index in [1.165, 1.54) is 12.4 Å². The quantitative estimate of drug-likeness (QED) is 0.903. The van der Waals surface area contributed by atoms with E-state index in [1.54, 1.807) is 20.0 Å². The van der Waals surface area contributed by atoms with E-state index in [1.807, 2.05) is 0 Å². The van der Waals surface area contributed by atoms with Crippen molar-refractivity contribution in [2.24, 2.45) is 0 Å². The van der Waals surface area contributed by atoms with Crippen LogP contribution in [0, 0.1) is 6.92 Å². The van der Waals surface area contributed by atoms with Gasteiger partial charge in [0.1, 0.15) is 12.4 Å². The van der Waals surface area contributed by atoms with E-state index in [0.29, 0.717) is 17.2 Å². The molecule has 0 radical (unpaired) electrons. The van der Waals surface area contributed by atoms with E-state index in [4.69, 9.17) is 0 Å². The van der Waals surface area contributed by atoms with Crippen LogP contribution in [0.15, 0.2) is 18.5 Å². The van der Waals surface area contributed by atoms with Crippen LogP contribution in [0.4, 0.5) is 30.6 Å². The molecule has 0 fully saturated rings. The van der Waals surface area contributed by atoms with Crippen LogP contribution >= 0.6 is 0 Å². The van der Waals surface area contributed by atoms with Gasteiger partial charge in [0, 0.05) is 19.4 Å². The summed E-state index contributed by atoms with van der Waals surface area (Å²) in [7, 11) is 1.71. The zero-order valence-electron chi connectivity index (χ0n) is 10.9. The third-order valence-corrected chi connectivity index (χ3v) is 2.45. The molecule has 0 amide bonds. The molecule has 0 saturated heterocycles. The molecule has 2 N–H and O–H groups in total. The number of rotatable bonds is 4. The first-order valence-electron chi connectivity index (χ1n) is 5.76. The van der Waals surface area contributed by atoms with Crippen molar-refractivity contribution in [1.29, 1.82) is 0 Å². The van der Waals surface area contributed by atoms with Crippen molar-refractivity contribution in [3.63, 3.8) is 0 Å². The molecule has 0 bridgehead atoms. The Morgan fingerprint density at radius 1 is 1.35 bits per heavy atom. The Labute approximate surface area is 113 Å². The maximum Gasteiger partial charge on any atom is 0.408 e. The van der Waals surface area contributed by atoms with Gasteiger partial charge >= 0.3 is 6.18 Å². The number of aryl methyl sites for hydroxylation is 1. The molecule has 9 heteroatoms. The minimum absolute atomic E-state index is 0.284. The van der Waals surface area contributed by atoms with Gasteiger partial charge in [0.05, 0.1) is 11.4 Å². The highest BCUT2D eigenvalue weighted by Gasteiger charge is 2.28. The average Bonchev–Trinajstić information content (AvgIpc) is 2.67. The summed E-state index contributed by atoms with van der Waals surface area (Å²) in [6.45, 7) is 0.476. The van der Waals surface area contributed by atoms with Crippen LogP contribution in [0.25, 0.3) is 0 Å². The normalized spacial score (nSPS) is 11.4. The summed E-state index contributed by atoms with van der Waals surface area (Å²) in [5.41, 5.74) is 0.871. The molecule has 0 saturated carbocycles. The lowest BCUT2D eigenvalue weighted by molar-refractivity contribution is -0.142. The first-order valence-corrected chi connectivity index (χ1v) is 5.76. The summed E-state index contributed by atoms with van der Waals surface area (Å²) in [5, 5.41) is 9.48. The minimum atomic E-state index is -4.31. The standard InChI is InChI=1S/C11H13F3N6/c1-7-8(5-20(19-7)6-11(12,13)14)17-10-16-4-3-9(15-2)18-10/h3-5H,6H2,1-2H3,(H2,15,16,17,18).